The summed E-state index contributed by atoms with van der Waals surface area (Å²) in [6.45, 7) is 2.96. The molecule has 0 aliphatic heterocycles. The van der Waals surface area contributed by atoms with E-state index < -0.39 is 0 Å². The lowest BCUT2D eigenvalue weighted by Crippen LogP contribution is -2.24. The van der Waals surface area contributed by atoms with Gasteiger partial charge >= 0.3 is 0 Å². The zero-order valence-corrected chi connectivity index (χ0v) is 12.5. The summed E-state index contributed by atoms with van der Waals surface area (Å²) < 4.78 is 14.9. The summed E-state index contributed by atoms with van der Waals surface area (Å²) >= 11 is 0. The standard InChI is InChI=1S/C15H15FN6O/c1-2-22-9-19-20-13(22)8-17-15(23)12-7-18-21-14(12)10-3-5-11(16)6-4-10/h3-7,9H,2,8H2,1H3,(H,17,23)(H,18,21). The Morgan fingerprint density at radius 3 is 2.87 bits per heavy atom. The Balaban J connectivity index is 1.76. The van der Waals surface area contributed by atoms with Crippen LogP contribution in [-0.4, -0.2) is 30.9 Å². The van der Waals surface area contributed by atoms with Crippen LogP contribution in [0.5, 0.6) is 0 Å². The third-order valence-corrected chi connectivity index (χ3v) is 3.46. The topological polar surface area (TPSA) is 88.5 Å². The van der Waals surface area contributed by atoms with Gasteiger partial charge in [0.05, 0.1) is 24.0 Å². The Labute approximate surface area is 131 Å². The summed E-state index contributed by atoms with van der Waals surface area (Å²) in [4.78, 5) is 12.4. The molecule has 3 aromatic rings. The summed E-state index contributed by atoms with van der Waals surface area (Å²) in [6, 6.07) is 5.85. The van der Waals surface area contributed by atoms with E-state index in [4.69, 9.17) is 0 Å². The van der Waals surface area contributed by atoms with Crippen LogP contribution in [0.4, 0.5) is 4.39 Å². The number of hydrogen-bond donors (Lipinski definition) is 2. The number of aryl methyl sites for hydroxylation is 1. The maximum Gasteiger partial charge on any atom is 0.255 e. The molecule has 7 nitrogen and oxygen atoms in total. The molecule has 0 fully saturated rings. The van der Waals surface area contributed by atoms with Gasteiger partial charge in [-0.3, -0.25) is 9.89 Å². The average molecular weight is 314 g/mol. The summed E-state index contributed by atoms with van der Waals surface area (Å²) in [7, 11) is 0. The predicted octanol–water partition coefficient (Wildman–Crippen LogP) is 1.76. The minimum atomic E-state index is -0.335. The SMILES string of the molecule is CCn1cnnc1CNC(=O)c1cn[nH]c1-c1ccc(F)cc1. The molecule has 0 unspecified atom stereocenters. The van der Waals surface area contributed by atoms with E-state index in [-0.39, 0.29) is 18.3 Å². The second-order valence-electron chi connectivity index (χ2n) is 4.88. The highest BCUT2D eigenvalue weighted by Gasteiger charge is 2.16. The molecule has 0 saturated carbocycles. The molecule has 1 amide bonds. The summed E-state index contributed by atoms with van der Waals surface area (Å²) in [5, 5.41) is 17.2. The van der Waals surface area contributed by atoms with Gasteiger partial charge in [0.2, 0.25) is 0 Å². The van der Waals surface area contributed by atoms with Gasteiger partial charge in [0, 0.05) is 12.1 Å². The van der Waals surface area contributed by atoms with E-state index >= 15 is 0 Å². The maximum atomic E-state index is 13.0. The van der Waals surface area contributed by atoms with Gasteiger partial charge in [-0.25, -0.2) is 4.39 Å². The van der Waals surface area contributed by atoms with Gasteiger partial charge in [0.15, 0.2) is 5.82 Å². The van der Waals surface area contributed by atoms with Crippen LogP contribution >= 0.6 is 0 Å². The van der Waals surface area contributed by atoms with Crippen molar-refractivity contribution in [2.75, 3.05) is 0 Å². The fourth-order valence-electron chi connectivity index (χ4n) is 2.23. The maximum absolute atomic E-state index is 13.0. The number of halogens is 1. The van der Waals surface area contributed by atoms with Crippen molar-refractivity contribution >= 4 is 5.91 Å². The fourth-order valence-corrected chi connectivity index (χ4v) is 2.23. The third kappa shape index (κ3) is 3.10. The molecule has 0 spiro atoms. The van der Waals surface area contributed by atoms with Crippen molar-refractivity contribution in [3.63, 3.8) is 0 Å². The quantitative estimate of drug-likeness (QED) is 0.751. The largest absolute Gasteiger partial charge is 0.345 e. The molecule has 0 aliphatic carbocycles. The van der Waals surface area contributed by atoms with Crippen LogP contribution in [0.15, 0.2) is 36.8 Å². The summed E-state index contributed by atoms with van der Waals surface area (Å²) in [5.74, 6) is 0.0505. The van der Waals surface area contributed by atoms with Crippen molar-refractivity contribution in [3.8, 4) is 11.3 Å². The van der Waals surface area contributed by atoms with Crippen molar-refractivity contribution < 1.29 is 9.18 Å². The molecule has 2 N–H and O–H groups in total. The molecular formula is C15H15FN6O. The highest BCUT2D eigenvalue weighted by atomic mass is 19.1. The number of aromatic amines is 1. The normalized spacial score (nSPS) is 10.7. The van der Waals surface area contributed by atoms with Crippen LogP contribution in [0.25, 0.3) is 11.3 Å². The third-order valence-electron chi connectivity index (χ3n) is 3.46. The number of hydrogen-bond acceptors (Lipinski definition) is 4. The lowest BCUT2D eigenvalue weighted by molar-refractivity contribution is 0.0950. The Bertz CT molecular complexity index is 807. The Morgan fingerprint density at radius 1 is 1.35 bits per heavy atom. The fraction of sp³-hybridized carbons (Fsp3) is 0.200. The van der Waals surface area contributed by atoms with Gasteiger partial charge in [-0.15, -0.1) is 10.2 Å². The number of aromatic nitrogens is 5. The number of carbonyl (C=O) groups is 1. The van der Waals surface area contributed by atoms with Gasteiger partial charge in [-0.1, -0.05) is 0 Å². The van der Waals surface area contributed by atoms with Gasteiger partial charge in [-0.05, 0) is 31.2 Å². The molecule has 8 heteroatoms. The molecule has 2 aromatic heterocycles. The summed E-state index contributed by atoms with van der Waals surface area (Å²) in [6.07, 6.45) is 3.06. The van der Waals surface area contributed by atoms with Crippen molar-refractivity contribution in [2.24, 2.45) is 0 Å². The van der Waals surface area contributed by atoms with E-state index in [2.05, 4.69) is 25.7 Å². The van der Waals surface area contributed by atoms with E-state index in [1.165, 1.54) is 18.3 Å². The molecule has 23 heavy (non-hydrogen) atoms. The monoisotopic (exact) mass is 314 g/mol. The first-order valence-corrected chi connectivity index (χ1v) is 7.13. The van der Waals surface area contributed by atoms with E-state index in [0.29, 0.717) is 22.6 Å². The van der Waals surface area contributed by atoms with Gasteiger partial charge in [0.25, 0.3) is 5.91 Å². The number of nitrogens with zero attached hydrogens (tertiary/aromatic N) is 4. The van der Waals surface area contributed by atoms with Crippen LogP contribution in [0.1, 0.15) is 23.1 Å². The molecule has 118 valence electrons. The van der Waals surface area contributed by atoms with Crippen LogP contribution in [0.3, 0.4) is 0 Å². The smallest absolute Gasteiger partial charge is 0.255 e. The summed E-state index contributed by atoms with van der Waals surface area (Å²) in [5.41, 5.74) is 1.62. The number of rotatable bonds is 5. The Hall–Kier alpha value is -3.03. The van der Waals surface area contributed by atoms with Crippen LogP contribution in [-0.2, 0) is 13.1 Å². The minimum Gasteiger partial charge on any atom is -0.345 e. The van der Waals surface area contributed by atoms with Crippen molar-refractivity contribution in [3.05, 3.63) is 54.0 Å². The molecule has 0 aliphatic rings. The zero-order valence-electron chi connectivity index (χ0n) is 12.5. The number of benzene rings is 1. The molecule has 2 heterocycles. The Morgan fingerprint density at radius 2 is 2.13 bits per heavy atom. The number of amides is 1. The van der Waals surface area contributed by atoms with E-state index in [1.54, 1.807) is 18.5 Å². The number of H-pyrrole nitrogens is 1. The highest BCUT2D eigenvalue weighted by molar-refractivity contribution is 5.99. The minimum absolute atomic E-state index is 0.265. The molecular weight excluding hydrogens is 299 g/mol. The van der Waals surface area contributed by atoms with Crippen LogP contribution in [0.2, 0.25) is 0 Å². The second-order valence-corrected chi connectivity index (χ2v) is 4.88. The second kappa shape index (κ2) is 6.39. The lowest BCUT2D eigenvalue weighted by atomic mass is 10.1. The van der Waals surface area contributed by atoms with Crippen LogP contribution < -0.4 is 5.32 Å². The van der Waals surface area contributed by atoms with Gasteiger partial charge in [0.1, 0.15) is 12.1 Å². The molecule has 0 atom stereocenters. The van der Waals surface area contributed by atoms with Crippen LogP contribution in [0, 0.1) is 5.82 Å². The number of nitrogens with one attached hydrogen (secondary N) is 2. The van der Waals surface area contributed by atoms with Gasteiger partial charge < -0.3 is 9.88 Å². The van der Waals surface area contributed by atoms with Crippen molar-refractivity contribution in [2.45, 2.75) is 20.0 Å². The number of carbonyl (C=O) groups excluding carboxylic acids is 1. The van der Waals surface area contributed by atoms with E-state index in [1.807, 2.05) is 11.5 Å². The van der Waals surface area contributed by atoms with Gasteiger partial charge in [-0.2, -0.15) is 5.10 Å². The first-order chi connectivity index (χ1) is 11.2. The highest BCUT2D eigenvalue weighted by Crippen LogP contribution is 2.21. The zero-order chi connectivity index (χ0) is 16.2. The molecule has 0 radical (unpaired) electrons. The van der Waals surface area contributed by atoms with Crippen molar-refractivity contribution in [1.29, 1.82) is 0 Å². The van der Waals surface area contributed by atoms with Crippen molar-refractivity contribution in [1.82, 2.24) is 30.3 Å². The molecule has 0 saturated heterocycles. The molecule has 0 bridgehead atoms. The first-order valence-electron chi connectivity index (χ1n) is 7.13. The van der Waals surface area contributed by atoms with E-state index in [9.17, 15) is 9.18 Å². The lowest BCUT2D eigenvalue weighted by Gasteiger charge is -2.06. The first kappa shape index (κ1) is 14.9. The van der Waals surface area contributed by atoms with E-state index in [0.717, 1.165) is 6.54 Å². The Kier molecular flexibility index (Phi) is 4.13. The molecule has 1 aromatic carbocycles. The predicted molar refractivity (Wildman–Crippen MR) is 80.8 cm³/mol. The molecule has 3 rings (SSSR count). The average Bonchev–Trinajstić information content (AvgIpc) is 3.22.